The quantitative estimate of drug-likeness (QED) is 0.747. The topological polar surface area (TPSA) is 78.3 Å². The Morgan fingerprint density at radius 2 is 2.12 bits per heavy atom. The predicted octanol–water partition coefficient (Wildman–Crippen LogP) is 1.22. The van der Waals surface area contributed by atoms with Crippen LogP contribution in [0.1, 0.15) is 25.3 Å². The summed E-state index contributed by atoms with van der Waals surface area (Å²) in [5.74, 6) is 0.436. The molecule has 1 aromatic carbocycles. The molecule has 0 spiro atoms. The number of carbonyl (C=O) groups excluding carboxylic acids is 1. The molecule has 4 nitrogen and oxygen atoms in total. The second-order valence-corrected chi connectivity index (χ2v) is 4.04. The van der Waals surface area contributed by atoms with E-state index < -0.39 is 0 Å². The number of benzene rings is 1. The predicted molar refractivity (Wildman–Crippen MR) is 67.7 cm³/mol. The summed E-state index contributed by atoms with van der Waals surface area (Å²) in [6.45, 7) is 2.37. The van der Waals surface area contributed by atoms with Gasteiger partial charge in [0.25, 0.3) is 0 Å². The monoisotopic (exact) mass is 236 g/mol. The Kier molecular flexibility index (Phi) is 5.49. The van der Waals surface area contributed by atoms with Crippen molar-refractivity contribution in [3.8, 4) is 5.75 Å². The highest BCUT2D eigenvalue weighted by atomic mass is 16.5. The van der Waals surface area contributed by atoms with E-state index in [0.717, 1.165) is 24.2 Å². The van der Waals surface area contributed by atoms with Crippen molar-refractivity contribution in [3.05, 3.63) is 29.8 Å². The Morgan fingerprint density at radius 1 is 1.41 bits per heavy atom. The normalized spacial score (nSPS) is 12.1. The molecule has 1 atom stereocenters. The SMILES string of the molecule is CCC(N)Cc1ccccc1OCCC(N)=O. The average molecular weight is 236 g/mol. The summed E-state index contributed by atoms with van der Waals surface area (Å²) in [5.41, 5.74) is 12.1. The van der Waals surface area contributed by atoms with E-state index in [0.29, 0.717) is 6.61 Å². The lowest BCUT2D eigenvalue weighted by Gasteiger charge is -2.13. The average Bonchev–Trinajstić information content (AvgIpc) is 2.30. The Bertz CT molecular complexity index is 366. The first-order valence-corrected chi connectivity index (χ1v) is 5.88. The molecule has 0 bridgehead atoms. The molecule has 0 radical (unpaired) electrons. The molecular formula is C13H20N2O2. The minimum absolute atomic E-state index is 0.135. The van der Waals surface area contributed by atoms with E-state index >= 15 is 0 Å². The van der Waals surface area contributed by atoms with Crippen LogP contribution in [0.3, 0.4) is 0 Å². The van der Waals surface area contributed by atoms with Crippen LogP contribution in [0.25, 0.3) is 0 Å². The lowest BCUT2D eigenvalue weighted by molar-refractivity contribution is -0.118. The van der Waals surface area contributed by atoms with Crippen LogP contribution < -0.4 is 16.2 Å². The van der Waals surface area contributed by atoms with Crippen LogP contribution in [0.5, 0.6) is 5.75 Å². The number of rotatable bonds is 7. The van der Waals surface area contributed by atoms with Crippen molar-refractivity contribution in [1.29, 1.82) is 0 Å². The van der Waals surface area contributed by atoms with Gasteiger partial charge in [0.1, 0.15) is 5.75 Å². The van der Waals surface area contributed by atoms with Crippen molar-refractivity contribution >= 4 is 5.91 Å². The molecule has 1 unspecified atom stereocenters. The number of nitrogens with two attached hydrogens (primary N) is 2. The zero-order valence-corrected chi connectivity index (χ0v) is 10.2. The molecule has 0 heterocycles. The maximum absolute atomic E-state index is 10.6. The highest BCUT2D eigenvalue weighted by Gasteiger charge is 2.07. The fourth-order valence-electron chi connectivity index (χ4n) is 1.50. The Morgan fingerprint density at radius 3 is 2.76 bits per heavy atom. The second-order valence-electron chi connectivity index (χ2n) is 4.04. The second kappa shape index (κ2) is 6.91. The molecule has 0 aromatic heterocycles. The summed E-state index contributed by atoms with van der Waals surface area (Å²) in [4.78, 5) is 10.6. The van der Waals surface area contributed by atoms with Gasteiger partial charge in [-0.15, -0.1) is 0 Å². The third kappa shape index (κ3) is 4.87. The number of amides is 1. The lowest BCUT2D eigenvalue weighted by atomic mass is 10.0. The third-order valence-corrected chi connectivity index (χ3v) is 2.59. The number of hydrogen-bond acceptors (Lipinski definition) is 3. The molecule has 0 saturated carbocycles. The molecule has 0 aliphatic rings. The van der Waals surface area contributed by atoms with Gasteiger partial charge in [0.05, 0.1) is 13.0 Å². The van der Waals surface area contributed by atoms with Crippen LogP contribution in [-0.2, 0) is 11.2 Å². The van der Waals surface area contributed by atoms with Gasteiger partial charge in [0, 0.05) is 6.04 Å². The van der Waals surface area contributed by atoms with Crippen molar-refractivity contribution in [3.63, 3.8) is 0 Å². The Balaban J connectivity index is 2.60. The van der Waals surface area contributed by atoms with Crippen LogP contribution in [0, 0.1) is 0 Å². The number of ether oxygens (including phenoxy) is 1. The smallest absolute Gasteiger partial charge is 0.220 e. The number of carbonyl (C=O) groups is 1. The largest absolute Gasteiger partial charge is 0.493 e. The number of hydrogen-bond donors (Lipinski definition) is 2. The van der Waals surface area contributed by atoms with Crippen molar-refractivity contribution < 1.29 is 9.53 Å². The van der Waals surface area contributed by atoms with E-state index in [1.807, 2.05) is 24.3 Å². The zero-order valence-electron chi connectivity index (χ0n) is 10.2. The lowest BCUT2D eigenvalue weighted by Crippen LogP contribution is -2.22. The van der Waals surface area contributed by atoms with Gasteiger partial charge in [-0.3, -0.25) is 4.79 Å². The highest BCUT2D eigenvalue weighted by molar-refractivity contribution is 5.73. The Labute approximate surface area is 102 Å². The molecular weight excluding hydrogens is 216 g/mol. The molecule has 4 N–H and O–H groups in total. The van der Waals surface area contributed by atoms with E-state index in [-0.39, 0.29) is 18.4 Å². The first kappa shape index (κ1) is 13.5. The van der Waals surface area contributed by atoms with Crippen LogP contribution in [0.4, 0.5) is 0 Å². The summed E-state index contributed by atoms with van der Waals surface area (Å²) in [7, 11) is 0. The zero-order chi connectivity index (χ0) is 12.7. The fraction of sp³-hybridized carbons (Fsp3) is 0.462. The molecule has 1 aromatic rings. The molecule has 0 fully saturated rings. The molecule has 0 saturated heterocycles. The summed E-state index contributed by atoms with van der Waals surface area (Å²) < 4.78 is 5.54. The number of para-hydroxylation sites is 1. The summed E-state index contributed by atoms with van der Waals surface area (Å²) in [5, 5.41) is 0. The molecule has 94 valence electrons. The Hall–Kier alpha value is -1.55. The van der Waals surface area contributed by atoms with Crippen molar-refractivity contribution in [2.75, 3.05) is 6.61 Å². The summed E-state index contributed by atoms with van der Waals surface area (Å²) in [6, 6.07) is 7.88. The van der Waals surface area contributed by atoms with Crippen LogP contribution in [-0.4, -0.2) is 18.6 Å². The van der Waals surface area contributed by atoms with Crippen LogP contribution in [0.2, 0.25) is 0 Å². The van der Waals surface area contributed by atoms with Gasteiger partial charge in [-0.25, -0.2) is 0 Å². The van der Waals surface area contributed by atoms with Gasteiger partial charge >= 0.3 is 0 Å². The molecule has 1 rings (SSSR count). The van der Waals surface area contributed by atoms with Crippen molar-refractivity contribution in [2.45, 2.75) is 32.2 Å². The minimum Gasteiger partial charge on any atom is -0.493 e. The third-order valence-electron chi connectivity index (χ3n) is 2.59. The van der Waals surface area contributed by atoms with Gasteiger partial charge in [0.15, 0.2) is 0 Å². The summed E-state index contributed by atoms with van der Waals surface area (Å²) in [6.07, 6.45) is 1.94. The molecule has 0 aliphatic heterocycles. The fourth-order valence-corrected chi connectivity index (χ4v) is 1.50. The minimum atomic E-state index is -0.354. The van der Waals surface area contributed by atoms with E-state index in [4.69, 9.17) is 16.2 Å². The van der Waals surface area contributed by atoms with Gasteiger partial charge in [-0.05, 0) is 24.5 Å². The van der Waals surface area contributed by atoms with Crippen LogP contribution in [0.15, 0.2) is 24.3 Å². The van der Waals surface area contributed by atoms with Crippen LogP contribution >= 0.6 is 0 Å². The van der Waals surface area contributed by atoms with Gasteiger partial charge in [-0.2, -0.15) is 0 Å². The number of primary amides is 1. The van der Waals surface area contributed by atoms with Gasteiger partial charge in [0.2, 0.25) is 5.91 Å². The standard InChI is InChI=1S/C13H20N2O2/c1-2-11(14)9-10-5-3-4-6-12(10)17-8-7-13(15)16/h3-6,11H,2,7-9,14H2,1H3,(H2,15,16). The van der Waals surface area contributed by atoms with Crippen molar-refractivity contribution in [1.82, 2.24) is 0 Å². The van der Waals surface area contributed by atoms with E-state index in [9.17, 15) is 4.79 Å². The van der Waals surface area contributed by atoms with Crippen molar-refractivity contribution in [2.24, 2.45) is 11.5 Å². The highest BCUT2D eigenvalue weighted by Crippen LogP contribution is 2.19. The van der Waals surface area contributed by atoms with E-state index in [1.54, 1.807) is 0 Å². The van der Waals surface area contributed by atoms with Gasteiger partial charge in [-0.1, -0.05) is 25.1 Å². The van der Waals surface area contributed by atoms with E-state index in [2.05, 4.69) is 6.92 Å². The first-order valence-electron chi connectivity index (χ1n) is 5.88. The van der Waals surface area contributed by atoms with Gasteiger partial charge < -0.3 is 16.2 Å². The molecule has 4 heteroatoms. The molecule has 17 heavy (non-hydrogen) atoms. The maximum Gasteiger partial charge on any atom is 0.220 e. The molecule has 1 amide bonds. The summed E-state index contributed by atoms with van der Waals surface area (Å²) >= 11 is 0. The first-order chi connectivity index (χ1) is 8.13. The maximum atomic E-state index is 10.6. The van der Waals surface area contributed by atoms with E-state index in [1.165, 1.54) is 0 Å². The molecule has 0 aliphatic carbocycles.